The lowest BCUT2D eigenvalue weighted by Gasteiger charge is -2.19. The molecule has 0 saturated heterocycles. The summed E-state index contributed by atoms with van der Waals surface area (Å²) in [6.45, 7) is 0.196. The van der Waals surface area contributed by atoms with Gasteiger partial charge in [-0.1, -0.05) is 0 Å². The fourth-order valence-electron chi connectivity index (χ4n) is 1.46. The molecule has 1 amide bonds. The van der Waals surface area contributed by atoms with Crippen LogP contribution in [0.3, 0.4) is 0 Å². The predicted octanol–water partition coefficient (Wildman–Crippen LogP) is 0.00220. The molecule has 0 radical (unpaired) electrons. The van der Waals surface area contributed by atoms with Crippen molar-refractivity contribution in [1.82, 2.24) is 9.88 Å². The number of aromatic amines is 1. The predicted molar refractivity (Wildman–Crippen MR) is 62.3 cm³/mol. The van der Waals surface area contributed by atoms with Crippen molar-refractivity contribution in [3.63, 3.8) is 0 Å². The first-order chi connectivity index (χ1) is 8.45. The summed E-state index contributed by atoms with van der Waals surface area (Å²) in [5.74, 6) is -0.432. The van der Waals surface area contributed by atoms with Crippen molar-refractivity contribution in [3.05, 3.63) is 28.1 Å². The topological polar surface area (TPSA) is 109 Å². The maximum absolute atomic E-state index is 11.8. The van der Waals surface area contributed by atoms with Crippen LogP contribution in [0, 0.1) is 10.1 Å². The Bertz CT molecular complexity index is 431. The van der Waals surface area contributed by atoms with E-state index in [-0.39, 0.29) is 24.5 Å². The number of nitrogens with one attached hydrogen (secondary N) is 1. The number of hydrogen-bond donors (Lipinski definition) is 2. The quantitative estimate of drug-likeness (QED) is 0.551. The van der Waals surface area contributed by atoms with Gasteiger partial charge in [-0.3, -0.25) is 14.9 Å². The van der Waals surface area contributed by atoms with E-state index in [4.69, 9.17) is 4.74 Å². The van der Waals surface area contributed by atoms with Crippen LogP contribution in [0.15, 0.2) is 12.3 Å². The Morgan fingerprint density at radius 2 is 2.39 bits per heavy atom. The first kappa shape index (κ1) is 14.1. The molecule has 8 heteroatoms. The third kappa shape index (κ3) is 3.54. The van der Waals surface area contributed by atoms with Crippen molar-refractivity contribution in [3.8, 4) is 0 Å². The molecule has 1 heterocycles. The van der Waals surface area contributed by atoms with Gasteiger partial charge in [0.25, 0.3) is 11.6 Å². The highest BCUT2D eigenvalue weighted by molar-refractivity contribution is 5.93. The van der Waals surface area contributed by atoms with E-state index in [9.17, 15) is 20.0 Å². The lowest BCUT2D eigenvalue weighted by atomic mass is 10.3. The number of ether oxygens (including phenoxy) is 1. The minimum atomic E-state index is -0.797. The number of carbonyl (C=O) groups is 1. The van der Waals surface area contributed by atoms with Crippen molar-refractivity contribution in [2.45, 2.75) is 6.10 Å². The smallest absolute Gasteiger partial charge is 0.287 e. The molecule has 0 fully saturated rings. The number of H-pyrrole nitrogens is 1. The van der Waals surface area contributed by atoms with Gasteiger partial charge in [-0.25, -0.2) is 0 Å². The molecule has 8 nitrogen and oxygen atoms in total. The monoisotopic (exact) mass is 257 g/mol. The zero-order valence-electron chi connectivity index (χ0n) is 10.1. The van der Waals surface area contributed by atoms with Crippen LogP contribution in [-0.4, -0.2) is 59.2 Å². The zero-order chi connectivity index (χ0) is 13.7. The molecule has 18 heavy (non-hydrogen) atoms. The number of hydrogen-bond acceptors (Lipinski definition) is 5. The van der Waals surface area contributed by atoms with Crippen LogP contribution in [0.4, 0.5) is 5.69 Å². The Kier molecular flexibility index (Phi) is 4.81. The van der Waals surface area contributed by atoms with Crippen LogP contribution < -0.4 is 0 Å². The number of carbonyl (C=O) groups excluding carboxylic acids is 1. The molecule has 0 spiro atoms. The molecular weight excluding hydrogens is 242 g/mol. The normalized spacial score (nSPS) is 12.2. The molecule has 1 unspecified atom stereocenters. The maximum atomic E-state index is 11.8. The van der Waals surface area contributed by atoms with E-state index in [2.05, 4.69) is 4.98 Å². The highest BCUT2D eigenvalue weighted by Crippen LogP contribution is 2.13. The molecule has 2 N–H and O–H groups in total. The third-order valence-corrected chi connectivity index (χ3v) is 2.30. The maximum Gasteiger partial charge on any atom is 0.287 e. The molecule has 100 valence electrons. The van der Waals surface area contributed by atoms with Crippen LogP contribution in [0.1, 0.15) is 10.5 Å². The lowest BCUT2D eigenvalue weighted by molar-refractivity contribution is -0.384. The van der Waals surface area contributed by atoms with E-state index in [0.717, 1.165) is 12.3 Å². The van der Waals surface area contributed by atoms with Crippen molar-refractivity contribution in [2.75, 3.05) is 27.3 Å². The van der Waals surface area contributed by atoms with Gasteiger partial charge in [0.2, 0.25) is 0 Å². The van der Waals surface area contributed by atoms with Crippen molar-refractivity contribution in [2.24, 2.45) is 0 Å². The van der Waals surface area contributed by atoms with Crippen molar-refractivity contribution < 1.29 is 19.6 Å². The Morgan fingerprint density at radius 1 is 1.72 bits per heavy atom. The summed E-state index contributed by atoms with van der Waals surface area (Å²) in [6, 6.07) is 1.15. The fraction of sp³-hybridized carbons (Fsp3) is 0.500. The number of methoxy groups -OCH3 is 1. The number of aliphatic hydroxyl groups excluding tert-OH is 1. The third-order valence-electron chi connectivity index (χ3n) is 2.30. The number of rotatable bonds is 6. The van der Waals surface area contributed by atoms with Gasteiger partial charge in [-0.05, 0) is 0 Å². The molecule has 1 aromatic heterocycles. The SMILES string of the molecule is COCC(O)CN(C)C(=O)c1cc([N+](=O)[O-])c[nH]1. The van der Waals surface area contributed by atoms with Gasteiger partial charge in [0.05, 0.1) is 23.8 Å². The van der Waals surface area contributed by atoms with E-state index >= 15 is 0 Å². The second-order valence-electron chi connectivity index (χ2n) is 3.82. The lowest BCUT2D eigenvalue weighted by Crippen LogP contribution is -2.36. The summed E-state index contributed by atoms with van der Waals surface area (Å²) in [7, 11) is 2.94. The van der Waals surface area contributed by atoms with E-state index in [1.165, 1.54) is 19.1 Å². The summed E-state index contributed by atoms with van der Waals surface area (Å²) >= 11 is 0. The van der Waals surface area contributed by atoms with E-state index in [1.54, 1.807) is 0 Å². The fourth-order valence-corrected chi connectivity index (χ4v) is 1.46. The van der Waals surface area contributed by atoms with Gasteiger partial charge in [0, 0.05) is 26.8 Å². The van der Waals surface area contributed by atoms with Crippen LogP contribution >= 0.6 is 0 Å². The first-order valence-corrected chi connectivity index (χ1v) is 5.21. The summed E-state index contributed by atoms with van der Waals surface area (Å²) < 4.78 is 4.74. The molecular formula is C10H15N3O5. The number of aromatic nitrogens is 1. The molecule has 0 aromatic carbocycles. The molecule has 0 aliphatic rings. The van der Waals surface area contributed by atoms with Crippen LogP contribution in [-0.2, 0) is 4.74 Å². The van der Waals surface area contributed by atoms with Crippen LogP contribution in [0.5, 0.6) is 0 Å². The zero-order valence-corrected chi connectivity index (χ0v) is 10.1. The Balaban J connectivity index is 2.65. The number of aliphatic hydroxyl groups is 1. The average Bonchev–Trinajstić information content (AvgIpc) is 2.77. The summed E-state index contributed by atoms with van der Waals surface area (Å²) in [4.78, 5) is 25.5. The molecule has 0 saturated carbocycles. The first-order valence-electron chi connectivity index (χ1n) is 5.21. The van der Waals surface area contributed by atoms with E-state index in [1.807, 2.05) is 0 Å². The van der Waals surface area contributed by atoms with Gasteiger partial charge >= 0.3 is 0 Å². The Morgan fingerprint density at radius 3 is 2.89 bits per heavy atom. The number of amides is 1. The van der Waals surface area contributed by atoms with Gasteiger partial charge in [-0.2, -0.15) is 0 Å². The second kappa shape index (κ2) is 6.12. The van der Waals surface area contributed by atoms with Crippen molar-refractivity contribution >= 4 is 11.6 Å². The molecule has 0 aliphatic heterocycles. The van der Waals surface area contributed by atoms with Gasteiger partial charge in [-0.15, -0.1) is 0 Å². The largest absolute Gasteiger partial charge is 0.389 e. The summed E-state index contributed by atoms with van der Waals surface area (Å²) in [5.41, 5.74) is -0.0713. The highest BCUT2D eigenvalue weighted by Gasteiger charge is 2.19. The molecule has 1 atom stereocenters. The van der Waals surface area contributed by atoms with Crippen molar-refractivity contribution in [1.29, 1.82) is 0 Å². The summed E-state index contributed by atoms with van der Waals surface area (Å²) in [6.07, 6.45) is 0.348. The van der Waals surface area contributed by atoms with Crippen LogP contribution in [0.25, 0.3) is 0 Å². The summed E-state index contributed by atoms with van der Waals surface area (Å²) in [5, 5.41) is 19.9. The van der Waals surface area contributed by atoms with Crippen LogP contribution in [0.2, 0.25) is 0 Å². The van der Waals surface area contributed by atoms with Gasteiger partial charge in [0.15, 0.2) is 0 Å². The second-order valence-corrected chi connectivity index (χ2v) is 3.82. The van der Waals surface area contributed by atoms with E-state index < -0.39 is 16.9 Å². The Hall–Kier alpha value is -1.93. The molecule has 0 aliphatic carbocycles. The number of nitrogens with zero attached hydrogens (tertiary/aromatic N) is 2. The molecule has 1 aromatic rings. The molecule has 1 rings (SSSR count). The van der Waals surface area contributed by atoms with Gasteiger partial charge < -0.3 is 19.7 Å². The highest BCUT2D eigenvalue weighted by atomic mass is 16.6. The number of nitro groups is 1. The average molecular weight is 257 g/mol. The van der Waals surface area contributed by atoms with E-state index in [0.29, 0.717) is 0 Å². The van der Waals surface area contributed by atoms with Gasteiger partial charge in [0.1, 0.15) is 5.69 Å². The minimum Gasteiger partial charge on any atom is -0.389 e. The standard InChI is InChI=1S/C10H15N3O5/c1-12(5-8(14)6-18-2)10(15)9-3-7(4-11-9)13(16)17/h3-4,8,11,14H,5-6H2,1-2H3. The number of likely N-dealkylation sites (N-methyl/N-ethyl adjacent to an activating group) is 1. The minimum absolute atomic E-state index is 0.0828. The Labute approximate surface area is 103 Å². The molecule has 0 bridgehead atoms.